The van der Waals surface area contributed by atoms with Crippen LogP contribution in [0.15, 0.2) is 40.3 Å². The maximum absolute atomic E-state index is 11.0. The standard InChI is InChI=1S/C14H7ClN2O5/c15-9-1-3-11(12(6-9)17(20)21)13-4-2-10(22-13)5-8(7-16)14(18)19/h1-6H,(H,18,19). The van der Waals surface area contributed by atoms with Crippen molar-refractivity contribution in [1.82, 2.24) is 0 Å². The second-order valence-corrected chi connectivity index (χ2v) is 4.53. The highest BCUT2D eigenvalue weighted by Crippen LogP contribution is 2.33. The lowest BCUT2D eigenvalue weighted by Crippen LogP contribution is -1.96. The highest BCUT2D eigenvalue weighted by atomic mass is 35.5. The molecule has 0 fully saturated rings. The van der Waals surface area contributed by atoms with Crippen molar-refractivity contribution in [1.29, 1.82) is 5.26 Å². The summed E-state index contributed by atoms with van der Waals surface area (Å²) in [6.45, 7) is 0. The number of benzene rings is 1. The molecule has 8 heteroatoms. The van der Waals surface area contributed by atoms with Crippen LogP contribution in [0, 0.1) is 21.4 Å². The summed E-state index contributed by atoms with van der Waals surface area (Å²) in [5, 5.41) is 28.7. The summed E-state index contributed by atoms with van der Waals surface area (Å²) in [5.41, 5.74) is -0.550. The number of hydrogen-bond acceptors (Lipinski definition) is 5. The number of carboxylic acids is 1. The van der Waals surface area contributed by atoms with Gasteiger partial charge in [-0.05, 0) is 24.3 Å². The van der Waals surface area contributed by atoms with E-state index in [1.807, 2.05) is 0 Å². The summed E-state index contributed by atoms with van der Waals surface area (Å²) in [6.07, 6.45) is 1.04. The maximum Gasteiger partial charge on any atom is 0.346 e. The molecule has 22 heavy (non-hydrogen) atoms. The molecule has 0 saturated heterocycles. The average Bonchev–Trinajstić information content (AvgIpc) is 2.92. The fraction of sp³-hybridized carbons (Fsp3) is 0. The molecule has 7 nitrogen and oxygen atoms in total. The Bertz CT molecular complexity index is 832. The summed E-state index contributed by atoms with van der Waals surface area (Å²) in [5.74, 6) is -1.13. The molecule has 1 N–H and O–H groups in total. The fourth-order valence-corrected chi connectivity index (χ4v) is 1.89. The molecule has 0 unspecified atom stereocenters. The summed E-state index contributed by atoms with van der Waals surface area (Å²) in [7, 11) is 0. The Kier molecular flexibility index (Phi) is 4.25. The Morgan fingerprint density at radius 2 is 2.14 bits per heavy atom. The van der Waals surface area contributed by atoms with Gasteiger partial charge in [0.05, 0.1) is 10.5 Å². The van der Waals surface area contributed by atoms with Crippen LogP contribution in [-0.4, -0.2) is 16.0 Å². The Labute approximate surface area is 128 Å². The Morgan fingerprint density at radius 1 is 1.41 bits per heavy atom. The SMILES string of the molecule is N#CC(=Cc1ccc(-c2ccc(Cl)cc2[N+](=O)[O-])o1)C(=O)O. The molecule has 1 aromatic heterocycles. The maximum atomic E-state index is 11.0. The second kappa shape index (κ2) is 6.11. The minimum Gasteiger partial charge on any atom is -0.477 e. The third-order valence-electron chi connectivity index (χ3n) is 2.69. The van der Waals surface area contributed by atoms with Gasteiger partial charge in [0.1, 0.15) is 23.2 Å². The molecule has 0 bridgehead atoms. The van der Waals surface area contributed by atoms with Crippen LogP contribution >= 0.6 is 11.6 Å². The zero-order chi connectivity index (χ0) is 16.3. The molecule has 0 spiro atoms. The lowest BCUT2D eigenvalue weighted by molar-refractivity contribution is -0.384. The summed E-state index contributed by atoms with van der Waals surface area (Å²) in [4.78, 5) is 21.2. The molecule has 0 radical (unpaired) electrons. The highest BCUT2D eigenvalue weighted by molar-refractivity contribution is 6.30. The van der Waals surface area contributed by atoms with Gasteiger partial charge in [-0.1, -0.05) is 11.6 Å². The van der Waals surface area contributed by atoms with E-state index < -0.39 is 16.5 Å². The lowest BCUT2D eigenvalue weighted by atomic mass is 10.1. The molecular formula is C14H7ClN2O5. The van der Waals surface area contributed by atoms with Crippen molar-refractivity contribution in [3.8, 4) is 17.4 Å². The van der Waals surface area contributed by atoms with Crippen LogP contribution in [0.2, 0.25) is 5.02 Å². The third-order valence-corrected chi connectivity index (χ3v) is 2.92. The fourth-order valence-electron chi connectivity index (χ4n) is 1.72. The first-order valence-electron chi connectivity index (χ1n) is 5.81. The van der Waals surface area contributed by atoms with Gasteiger partial charge in [0.15, 0.2) is 0 Å². The van der Waals surface area contributed by atoms with E-state index in [9.17, 15) is 14.9 Å². The highest BCUT2D eigenvalue weighted by Gasteiger charge is 2.18. The summed E-state index contributed by atoms with van der Waals surface area (Å²) in [6, 6.07) is 8.45. The van der Waals surface area contributed by atoms with Crippen LogP contribution in [0.25, 0.3) is 17.4 Å². The number of nitrogens with zero attached hydrogens (tertiary/aromatic N) is 2. The van der Waals surface area contributed by atoms with E-state index >= 15 is 0 Å². The van der Waals surface area contributed by atoms with Crippen LogP contribution in [0.1, 0.15) is 5.76 Å². The van der Waals surface area contributed by atoms with Crippen LogP contribution in [0.5, 0.6) is 0 Å². The second-order valence-electron chi connectivity index (χ2n) is 4.10. The molecule has 2 rings (SSSR count). The average molecular weight is 319 g/mol. The van der Waals surface area contributed by atoms with Crippen LogP contribution < -0.4 is 0 Å². The van der Waals surface area contributed by atoms with Gasteiger partial charge in [-0.3, -0.25) is 10.1 Å². The number of rotatable bonds is 4. The van der Waals surface area contributed by atoms with Crippen molar-refractivity contribution in [2.45, 2.75) is 0 Å². The predicted molar refractivity (Wildman–Crippen MR) is 77.0 cm³/mol. The van der Waals surface area contributed by atoms with E-state index in [4.69, 9.17) is 26.4 Å². The first-order valence-corrected chi connectivity index (χ1v) is 6.19. The predicted octanol–water partition coefficient (Wildman–Crippen LogP) is 3.50. The van der Waals surface area contributed by atoms with Crippen molar-refractivity contribution < 1.29 is 19.2 Å². The summed E-state index contributed by atoms with van der Waals surface area (Å²) < 4.78 is 5.34. The molecule has 0 atom stereocenters. The van der Waals surface area contributed by atoms with E-state index in [-0.39, 0.29) is 27.8 Å². The quantitative estimate of drug-likeness (QED) is 0.399. The van der Waals surface area contributed by atoms with E-state index in [0.717, 1.165) is 6.08 Å². The normalized spacial score (nSPS) is 11.0. The van der Waals surface area contributed by atoms with Gasteiger partial charge in [0, 0.05) is 17.2 Å². The number of aliphatic carboxylic acids is 1. The van der Waals surface area contributed by atoms with E-state index in [1.165, 1.54) is 36.4 Å². The summed E-state index contributed by atoms with van der Waals surface area (Å²) >= 11 is 5.73. The number of carboxylic acid groups (broad SMARTS) is 1. The molecular weight excluding hydrogens is 312 g/mol. The molecule has 0 aliphatic heterocycles. The monoisotopic (exact) mass is 318 g/mol. The zero-order valence-corrected chi connectivity index (χ0v) is 11.6. The number of halogens is 1. The molecule has 0 saturated carbocycles. The van der Waals surface area contributed by atoms with Gasteiger partial charge < -0.3 is 9.52 Å². The lowest BCUT2D eigenvalue weighted by Gasteiger charge is -2.00. The smallest absolute Gasteiger partial charge is 0.346 e. The van der Waals surface area contributed by atoms with Gasteiger partial charge >= 0.3 is 5.97 Å². The van der Waals surface area contributed by atoms with Crippen molar-refractivity contribution >= 4 is 29.3 Å². The van der Waals surface area contributed by atoms with Crippen molar-refractivity contribution in [2.24, 2.45) is 0 Å². The third kappa shape index (κ3) is 3.13. The van der Waals surface area contributed by atoms with Crippen LogP contribution in [-0.2, 0) is 4.79 Å². The van der Waals surface area contributed by atoms with Gasteiger partial charge in [-0.2, -0.15) is 5.26 Å². The molecule has 2 aromatic rings. The van der Waals surface area contributed by atoms with E-state index in [2.05, 4.69) is 0 Å². The van der Waals surface area contributed by atoms with Crippen LogP contribution in [0.3, 0.4) is 0 Å². The molecule has 1 aromatic carbocycles. The Hall–Kier alpha value is -3.11. The van der Waals surface area contributed by atoms with Crippen LogP contribution in [0.4, 0.5) is 5.69 Å². The number of nitro groups is 1. The minimum absolute atomic E-state index is 0.0956. The van der Waals surface area contributed by atoms with E-state index in [0.29, 0.717) is 0 Å². The number of nitro benzene ring substituents is 1. The molecule has 0 amide bonds. The first kappa shape index (κ1) is 15.3. The molecule has 1 heterocycles. The van der Waals surface area contributed by atoms with E-state index in [1.54, 1.807) is 0 Å². The van der Waals surface area contributed by atoms with Crippen molar-refractivity contribution in [2.75, 3.05) is 0 Å². The minimum atomic E-state index is -1.39. The largest absolute Gasteiger partial charge is 0.477 e. The van der Waals surface area contributed by atoms with Crippen molar-refractivity contribution in [3.05, 3.63) is 56.8 Å². The topological polar surface area (TPSA) is 117 Å². The number of carbonyl (C=O) groups is 1. The number of furan rings is 1. The van der Waals surface area contributed by atoms with Gasteiger partial charge in [-0.25, -0.2) is 4.79 Å². The van der Waals surface area contributed by atoms with Crippen molar-refractivity contribution in [3.63, 3.8) is 0 Å². The molecule has 110 valence electrons. The Balaban J connectivity index is 2.48. The molecule has 0 aliphatic carbocycles. The first-order chi connectivity index (χ1) is 10.4. The van der Waals surface area contributed by atoms with Gasteiger partial charge in [-0.15, -0.1) is 0 Å². The Morgan fingerprint density at radius 3 is 2.73 bits per heavy atom. The molecule has 0 aliphatic rings. The van der Waals surface area contributed by atoms with Gasteiger partial charge in [0.2, 0.25) is 0 Å². The zero-order valence-electron chi connectivity index (χ0n) is 10.8. The van der Waals surface area contributed by atoms with Gasteiger partial charge in [0.25, 0.3) is 5.69 Å². The number of nitriles is 1. The number of hydrogen-bond donors (Lipinski definition) is 1.